The molecule has 0 spiro atoms. The van der Waals surface area contributed by atoms with Crippen LogP contribution in [-0.4, -0.2) is 44.8 Å². The second kappa shape index (κ2) is 5.58. The quantitative estimate of drug-likeness (QED) is 0.702. The minimum atomic E-state index is 0.274. The lowest BCUT2D eigenvalue weighted by Crippen LogP contribution is -2.39. The van der Waals surface area contributed by atoms with E-state index in [-0.39, 0.29) is 6.04 Å². The van der Waals surface area contributed by atoms with Crippen LogP contribution in [0, 0.1) is 5.92 Å². The molecule has 3 heteroatoms. The Hall–Kier alpha value is -0.120. The largest absolute Gasteiger partial charge is 0.380 e. The summed E-state index contributed by atoms with van der Waals surface area (Å²) >= 11 is 0. The molecule has 0 amide bonds. The molecule has 1 fully saturated rings. The van der Waals surface area contributed by atoms with Gasteiger partial charge in [-0.3, -0.25) is 0 Å². The van der Waals surface area contributed by atoms with Crippen molar-refractivity contribution in [2.24, 2.45) is 11.7 Å². The monoisotopic (exact) mass is 186 g/mol. The van der Waals surface area contributed by atoms with Gasteiger partial charge in [-0.25, -0.2) is 0 Å². The Morgan fingerprint density at radius 1 is 1.46 bits per heavy atom. The molecule has 2 N–H and O–H groups in total. The molecule has 3 nitrogen and oxygen atoms in total. The SMILES string of the molecule is CN(C)CCCC1CCOCC1N. The van der Waals surface area contributed by atoms with E-state index in [1.165, 1.54) is 19.4 Å². The lowest BCUT2D eigenvalue weighted by atomic mass is 9.91. The minimum Gasteiger partial charge on any atom is -0.380 e. The van der Waals surface area contributed by atoms with Crippen LogP contribution in [0.4, 0.5) is 0 Å². The van der Waals surface area contributed by atoms with Gasteiger partial charge >= 0.3 is 0 Å². The average molecular weight is 186 g/mol. The molecule has 78 valence electrons. The van der Waals surface area contributed by atoms with Gasteiger partial charge in [0.2, 0.25) is 0 Å². The van der Waals surface area contributed by atoms with Crippen molar-refractivity contribution in [2.45, 2.75) is 25.3 Å². The maximum absolute atomic E-state index is 5.96. The number of nitrogens with zero attached hydrogens (tertiary/aromatic N) is 1. The molecule has 0 radical (unpaired) electrons. The maximum atomic E-state index is 5.96. The van der Waals surface area contributed by atoms with Crippen molar-refractivity contribution in [3.63, 3.8) is 0 Å². The minimum absolute atomic E-state index is 0.274. The van der Waals surface area contributed by atoms with Gasteiger partial charge in [0, 0.05) is 12.6 Å². The third kappa shape index (κ3) is 4.07. The van der Waals surface area contributed by atoms with E-state index >= 15 is 0 Å². The van der Waals surface area contributed by atoms with Gasteiger partial charge in [-0.1, -0.05) is 0 Å². The van der Waals surface area contributed by atoms with Crippen molar-refractivity contribution in [1.29, 1.82) is 0 Å². The van der Waals surface area contributed by atoms with Gasteiger partial charge in [-0.05, 0) is 45.8 Å². The summed E-state index contributed by atoms with van der Waals surface area (Å²) in [5, 5.41) is 0. The fourth-order valence-corrected chi connectivity index (χ4v) is 1.83. The zero-order valence-electron chi connectivity index (χ0n) is 8.83. The van der Waals surface area contributed by atoms with Crippen molar-refractivity contribution < 1.29 is 4.74 Å². The van der Waals surface area contributed by atoms with Crippen LogP contribution in [0.3, 0.4) is 0 Å². The predicted octanol–water partition coefficient (Wildman–Crippen LogP) is 0.692. The van der Waals surface area contributed by atoms with Crippen molar-refractivity contribution in [3.8, 4) is 0 Å². The van der Waals surface area contributed by atoms with Crippen LogP contribution in [0.2, 0.25) is 0 Å². The summed E-state index contributed by atoms with van der Waals surface area (Å²) in [4.78, 5) is 2.23. The number of ether oxygens (including phenoxy) is 1. The Morgan fingerprint density at radius 2 is 2.23 bits per heavy atom. The lowest BCUT2D eigenvalue weighted by molar-refractivity contribution is 0.0454. The Labute approximate surface area is 81.2 Å². The third-order valence-corrected chi connectivity index (χ3v) is 2.73. The third-order valence-electron chi connectivity index (χ3n) is 2.73. The highest BCUT2D eigenvalue weighted by molar-refractivity contribution is 4.76. The number of hydrogen-bond donors (Lipinski definition) is 1. The summed E-state index contributed by atoms with van der Waals surface area (Å²) in [6.07, 6.45) is 3.66. The lowest BCUT2D eigenvalue weighted by Gasteiger charge is -2.28. The van der Waals surface area contributed by atoms with Gasteiger partial charge in [0.05, 0.1) is 6.61 Å². The second-order valence-corrected chi connectivity index (χ2v) is 4.23. The fourth-order valence-electron chi connectivity index (χ4n) is 1.83. The molecule has 1 aliphatic heterocycles. The van der Waals surface area contributed by atoms with Crippen LogP contribution in [0.1, 0.15) is 19.3 Å². The first-order valence-corrected chi connectivity index (χ1v) is 5.18. The van der Waals surface area contributed by atoms with Crippen molar-refractivity contribution in [3.05, 3.63) is 0 Å². The molecular formula is C10H22N2O. The highest BCUT2D eigenvalue weighted by Gasteiger charge is 2.21. The molecule has 0 aliphatic carbocycles. The first-order chi connectivity index (χ1) is 6.20. The molecular weight excluding hydrogens is 164 g/mol. The van der Waals surface area contributed by atoms with E-state index < -0.39 is 0 Å². The molecule has 1 aliphatic rings. The van der Waals surface area contributed by atoms with Gasteiger partial charge in [0.1, 0.15) is 0 Å². The van der Waals surface area contributed by atoms with Crippen LogP contribution in [0.15, 0.2) is 0 Å². The van der Waals surface area contributed by atoms with Crippen LogP contribution in [-0.2, 0) is 4.74 Å². The summed E-state index contributed by atoms with van der Waals surface area (Å²) < 4.78 is 5.30. The topological polar surface area (TPSA) is 38.5 Å². The Kier molecular flexibility index (Phi) is 4.70. The Bertz CT molecular complexity index is 139. The van der Waals surface area contributed by atoms with Crippen LogP contribution in [0.5, 0.6) is 0 Å². The summed E-state index contributed by atoms with van der Waals surface area (Å²) in [5.41, 5.74) is 5.96. The zero-order chi connectivity index (χ0) is 9.68. The van der Waals surface area contributed by atoms with E-state index in [1.54, 1.807) is 0 Å². The molecule has 2 unspecified atom stereocenters. The van der Waals surface area contributed by atoms with Gasteiger partial charge in [0.25, 0.3) is 0 Å². The Balaban J connectivity index is 2.11. The molecule has 1 saturated heterocycles. The molecule has 0 bridgehead atoms. The fraction of sp³-hybridized carbons (Fsp3) is 1.00. The van der Waals surface area contributed by atoms with Crippen molar-refractivity contribution >= 4 is 0 Å². The summed E-state index contributed by atoms with van der Waals surface area (Å²) in [7, 11) is 4.23. The van der Waals surface area contributed by atoms with Gasteiger partial charge < -0.3 is 15.4 Å². The standard InChI is InChI=1S/C10H22N2O/c1-12(2)6-3-4-9-5-7-13-8-10(9)11/h9-10H,3-8,11H2,1-2H3. The van der Waals surface area contributed by atoms with E-state index in [1.807, 2.05) is 0 Å². The van der Waals surface area contributed by atoms with E-state index in [0.717, 1.165) is 19.6 Å². The first kappa shape index (κ1) is 11.0. The first-order valence-electron chi connectivity index (χ1n) is 5.18. The Morgan fingerprint density at radius 3 is 2.85 bits per heavy atom. The average Bonchev–Trinajstić information content (AvgIpc) is 2.08. The van der Waals surface area contributed by atoms with Gasteiger partial charge in [-0.2, -0.15) is 0 Å². The molecule has 1 heterocycles. The molecule has 13 heavy (non-hydrogen) atoms. The smallest absolute Gasteiger partial charge is 0.0620 e. The highest BCUT2D eigenvalue weighted by Crippen LogP contribution is 2.19. The normalized spacial score (nSPS) is 29.5. The second-order valence-electron chi connectivity index (χ2n) is 4.23. The number of nitrogens with two attached hydrogens (primary N) is 1. The highest BCUT2D eigenvalue weighted by atomic mass is 16.5. The van der Waals surface area contributed by atoms with E-state index in [2.05, 4.69) is 19.0 Å². The summed E-state index contributed by atoms with van der Waals surface area (Å²) in [6.45, 7) is 2.83. The number of rotatable bonds is 4. The van der Waals surface area contributed by atoms with Crippen molar-refractivity contribution in [1.82, 2.24) is 4.90 Å². The van der Waals surface area contributed by atoms with Gasteiger partial charge in [0.15, 0.2) is 0 Å². The molecule has 0 aromatic heterocycles. The molecule has 0 aromatic rings. The summed E-state index contributed by atoms with van der Waals surface area (Å²) in [5.74, 6) is 0.689. The molecule has 1 rings (SSSR count). The summed E-state index contributed by atoms with van der Waals surface area (Å²) in [6, 6.07) is 0.274. The zero-order valence-corrected chi connectivity index (χ0v) is 8.83. The van der Waals surface area contributed by atoms with Crippen LogP contribution in [0.25, 0.3) is 0 Å². The van der Waals surface area contributed by atoms with E-state index in [9.17, 15) is 0 Å². The van der Waals surface area contributed by atoms with E-state index in [0.29, 0.717) is 5.92 Å². The molecule has 2 atom stereocenters. The predicted molar refractivity (Wildman–Crippen MR) is 54.7 cm³/mol. The molecule has 0 aromatic carbocycles. The van der Waals surface area contributed by atoms with Crippen LogP contribution < -0.4 is 5.73 Å². The maximum Gasteiger partial charge on any atom is 0.0620 e. The molecule has 0 saturated carbocycles. The van der Waals surface area contributed by atoms with Crippen LogP contribution >= 0.6 is 0 Å². The van der Waals surface area contributed by atoms with E-state index in [4.69, 9.17) is 10.5 Å². The number of hydrogen-bond acceptors (Lipinski definition) is 3. The van der Waals surface area contributed by atoms with Crippen molar-refractivity contribution in [2.75, 3.05) is 33.9 Å². The van der Waals surface area contributed by atoms with Gasteiger partial charge in [-0.15, -0.1) is 0 Å².